The number of likely N-dealkylation sites (tertiary alicyclic amines) is 1. The molecule has 118 valence electrons. The minimum atomic E-state index is 0.591. The number of morpholine rings is 1. The predicted molar refractivity (Wildman–Crippen MR) is 86.9 cm³/mol. The lowest BCUT2D eigenvalue weighted by molar-refractivity contribution is 0.00983. The van der Waals surface area contributed by atoms with E-state index in [-0.39, 0.29) is 0 Å². The lowest BCUT2D eigenvalue weighted by atomic mass is 10.1. The molecule has 2 atom stereocenters. The summed E-state index contributed by atoms with van der Waals surface area (Å²) < 4.78 is 5.48. The van der Waals surface area contributed by atoms with Gasteiger partial charge in [-0.3, -0.25) is 9.80 Å². The summed E-state index contributed by atoms with van der Waals surface area (Å²) >= 11 is 1.88. The lowest BCUT2D eigenvalue weighted by Gasteiger charge is -2.35. The first-order valence-corrected chi connectivity index (χ1v) is 8.97. The predicted octanol–water partition coefficient (Wildman–Crippen LogP) is 2.56. The summed E-state index contributed by atoms with van der Waals surface area (Å²) in [6.45, 7) is 13.0. The van der Waals surface area contributed by atoms with Crippen LogP contribution in [-0.2, 0) is 11.3 Å². The Morgan fingerprint density at radius 2 is 2.10 bits per heavy atom. The molecule has 0 N–H and O–H groups in total. The SMILES string of the molecule is CC(C)c1cnc(CN2CC[C@@H](N3CCOCC3)[C@H]2C)s1. The third-order valence-electron chi connectivity index (χ3n) is 4.84. The van der Waals surface area contributed by atoms with Crippen molar-refractivity contribution in [2.24, 2.45) is 0 Å². The molecule has 3 heterocycles. The van der Waals surface area contributed by atoms with E-state index in [1.807, 2.05) is 11.3 Å². The maximum absolute atomic E-state index is 5.48. The van der Waals surface area contributed by atoms with E-state index in [2.05, 4.69) is 41.8 Å². The van der Waals surface area contributed by atoms with Gasteiger partial charge in [-0.25, -0.2) is 4.98 Å². The summed E-state index contributed by atoms with van der Waals surface area (Å²) in [7, 11) is 0. The van der Waals surface area contributed by atoms with Gasteiger partial charge in [-0.05, 0) is 19.3 Å². The minimum absolute atomic E-state index is 0.591. The first kappa shape index (κ1) is 15.4. The van der Waals surface area contributed by atoms with Gasteiger partial charge in [0, 0.05) is 42.8 Å². The maximum atomic E-state index is 5.48. The summed E-state index contributed by atoms with van der Waals surface area (Å²) in [5.74, 6) is 0.591. The van der Waals surface area contributed by atoms with Crippen LogP contribution in [0.5, 0.6) is 0 Å². The molecule has 0 saturated carbocycles. The van der Waals surface area contributed by atoms with Crippen molar-refractivity contribution in [1.29, 1.82) is 0 Å². The molecular formula is C16H27N3OS. The van der Waals surface area contributed by atoms with Gasteiger partial charge in [0.2, 0.25) is 0 Å². The Hall–Kier alpha value is -0.490. The smallest absolute Gasteiger partial charge is 0.107 e. The number of nitrogens with zero attached hydrogens (tertiary/aromatic N) is 3. The first-order chi connectivity index (χ1) is 10.1. The summed E-state index contributed by atoms with van der Waals surface area (Å²) in [6.07, 6.45) is 3.34. The highest BCUT2D eigenvalue weighted by Crippen LogP contribution is 2.28. The molecule has 21 heavy (non-hydrogen) atoms. The van der Waals surface area contributed by atoms with Gasteiger partial charge in [-0.15, -0.1) is 11.3 Å². The van der Waals surface area contributed by atoms with E-state index in [0.29, 0.717) is 18.0 Å². The van der Waals surface area contributed by atoms with Crippen LogP contribution in [0.4, 0.5) is 0 Å². The zero-order valence-corrected chi connectivity index (χ0v) is 14.2. The monoisotopic (exact) mass is 309 g/mol. The third-order valence-corrected chi connectivity index (χ3v) is 6.12. The van der Waals surface area contributed by atoms with Crippen LogP contribution in [0.1, 0.15) is 43.0 Å². The average molecular weight is 309 g/mol. The standard InChI is InChI=1S/C16H27N3OS/c1-12(2)15-10-17-16(21-15)11-19-5-4-14(13(19)3)18-6-8-20-9-7-18/h10,12-14H,4-9,11H2,1-3H3/t13-,14-/m1/s1. The largest absolute Gasteiger partial charge is 0.379 e. The van der Waals surface area contributed by atoms with Gasteiger partial charge in [0.1, 0.15) is 5.01 Å². The zero-order chi connectivity index (χ0) is 14.8. The summed E-state index contributed by atoms with van der Waals surface area (Å²) in [4.78, 5) is 11.2. The van der Waals surface area contributed by atoms with Crippen LogP contribution < -0.4 is 0 Å². The van der Waals surface area contributed by atoms with E-state index in [1.54, 1.807) is 0 Å². The van der Waals surface area contributed by atoms with E-state index in [1.165, 1.54) is 22.9 Å². The fraction of sp³-hybridized carbons (Fsp3) is 0.812. The van der Waals surface area contributed by atoms with Gasteiger partial charge in [0.05, 0.1) is 19.8 Å². The number of hydrogen-bond donors (Lipinski definition) is 0. The van der Waals surface area contributed by atoms with Crippen LogP contribution in [0.3, 0.4) is 0 Å². The fourth-order valence-electron chi connectivity index (χ4n) is 3.44. The number of ether oxygens (including phenoxy) is 1. The maximum Gasteiger partial charge on any atom is 0.107 e. The molecule has 0 aliphatic carbocycles. The molecule has 1 aromatic rings. The van der Waals surface area contributed by atoms with Crippen LogP contribution >= 0.6 is 11.3 Å². The Kier molecular flexibility index (Phi) is 4.94. The molecule has 2 aliphatic heterocycles. The molecule has 4 nitrogen and oxygen atoms in total. The molecule has 0 bridgehead atoms. The summed E-state index contributed by atoms with van der Waals surface area (Å²) in [5, 5.41) is 1.27. The Labute approximate surface area is 132 Å². The molecule has 0 aromatic carbocycles. The first-order valence-electron chi connectivity index (χ1n) is 8.15. The van der Waals surface area contributed by atoms with Gasteiger partial charge in [0.25, 0.3) is 0 Å². The van der Waals surface area contributed by atoms with Crippen LogP contribution in [0, 0.1) is 0 Å². The Bertz CT molecular complexity index is 456. The van der Waals surface area contributed by atoms with Gasteiger partial charge in [0.15, 0.2) is 0 Å². The van der Waals surface area contributed by atoms with E-state index >= 15 is 0 Å². The molecule has 0 spiro atoms. The van der Waals surface area contributed by atoms with Crippen molar-refractivity contribution in [1.82, 2.24) is 14.8 Å². The highest BCUT2D eigenvalue weighted by molar-refractivity contribution is 7.11. The lowest BCUT2D eigenvalue weighted by Crippen LogP contribution is -2.48. The normalized spacial score (nSPS) is 28.6. The van der Waals surface area contributed by atoms with Crippen molar-refractivity contribution in [3.05, 3.63) is 16.1 Å². The quantitative estimate of drug-likeness (QED) is 0.855. The second-order valence-electron chi connectivity index (χ2n) is 6.53. The van der Waals surface area contributed by atoms with Crippen molar-refractivity contribution in [2.45, 2.75) is 51.7 Å². The van der Waals surface area contributed by atoms with Crippen molar-refractivity contribution in [3.8, 4) is 0 Å². The number of rotatable bonds is 4. The fourth-order valence-corrected chi connectivity index (χ4v) is 4.39. The molecule has 0 radical (unpaired) electrons. The molecule has 2 saturated heterocycles. The van der Waals surface area contributed by atoms with Crippen molar-refractivity contribution in [3.63, 3.8) is 0 Å². The van der Waals surface area contributed by atoms with Crippen LogP contribution in [-0.4, -0.2) is 59.7 Å². The summed E-state index contributed by atoms with van der Waals surface area (Å²) in [6, 6.07) is 1.31. The third kappa shape index (κ3) is 3.47. The van der Waals surface area contributed by atoms with Crippen LogP contribution in [0.15, 0.2) is 6.20 Å². The van der Waals surface area contributed by atoms with E-state index in [0.717, 1.165) is 32.8 Å². The van der Waals surface area contributed by atoms with Crippen molar-refractivity contribution < 1.29 is 4.74 Å². The molecule has 1 aromatic heterocycles. The highest BCUT2D eigenvalue weighted by Gasteiger charge is 2.35. The van der Waals surface area contributed by atoms with Crippen LogP contribution in [0.25, 0.3) is 0 Å². The molecule has 5 heteroatoms. The van der Waals surface area contributed by atoms with Crippen LogP contribution in [0.2, 0.25) is 0 Å². The zero-order valence-electron chi connectivity index (χ0n) is 13.4. The number of hydrogen-bond acceptors (Lipinski definition) is 5. The Morgan fingerprint density at radius 3 is 2.76 bits per heavy atom. The van der Waals surface area contributed by atoms with Gasteiger partial charge < -0.3 is 4.74 Å². The topological polar surface area (TPSA) is 28.6 Å². The second kappa shape index (κ2) is 6.73. The van der Waals surface area contributed by atoms with Gasteiger partial charge in [-0.2, -0.15) is 0 Å². The van der Waals surface area contributed by atoms with E-state index in [4.69, 9.17) is 4.74 Å². The number of thiazole rings is 1. The average Bonchev–Trinajstić information content (AvgIpc) is 3.09. The minimum Gasteiger partial charge on any atom is -0.379 e. The van der Waals surface area contributed by atoms with E-state index in [9.17, 15) is 0 Å². The molecule has 2 aliphatic rings. The van der Waals surface area contributed by atoms with Gasteiger partial charge >= 0.3 is 0 Å². The molecule has 2 fully saturated rings. The molecule has 3 rings (SSSR count). The second-order valence-corrected chi connectivity index (χ2v) is 7.67. The molecule has 0 amide bonds. The Balaban J connectivity index is 1.59. The van der Waals surface area contributed by atoms with Gasteiger partial charge in [-0.1, -0.05) is 13.8 Å². The molecule has 0 unspecified atom stereocenters. The van der Waals surface area contributed by atoms with Crippen molar-refractivity contribution in [2.75, 3.05) is 32.8 Å². The Morgan fingerprint density at radius 1 is 1.33 bits per heavy atom. The summed E-state index contributed by atoms with van der Waals surface area (Å²) in [5.41, 5.74) is 0. The molecular weight excluding hydrogens is 282 g/mol. The number of aromatic nitrogens is 1. The highest BCUT2D eigenvalue weighted by atomic mass is 32.1. The van der Waals surface area contributed by atoms with E-state index < -0.39 is 0 Å². The van der Waals surface area contributed by atoms with Crippen molar-refractivity contribution >= 4 is 11.3 Å².